The van der Waals surface area contributed by atoms with Gasteiger partial charge >= 0.3 is 0 Å². The standard InChI is InChI=1S/C18H24N2O2S2/c19-16(21)12-15-4-1-2-9-20(15)17(22)13-5-7-14(8-6-13)18-23-10-3-11-24-18/h5-8,15,18H,1-4,9-12H2,(H2,19,21)/t15-/m1/s1. The van der Waals surface area contributed by atoms with Crippen LogP contribution in [0.2, 0.25) is 0 Å². The highest BCUT2D eigenvalue weighted by Gasteiger charge is 2.28. The monoisotopic (exact) mass is 364 g/mol. The Balaban J connectivity index is 1.70. The smallest absolute Gasteiger partial charge is 0.254 e. The van der Waals surface area contributed by atoms with Crippen molar-refractivity contribution in [1.82, 2.24) is 4.90 Å². The van der Waals surface area contributed by atoms with Crippen molar-refractivity contribution >= 4 is 35.3 Å². The summed E-state index contributed by atoms with van der Waals surface area (Å²) in [5, 5.41) is 0. The fraction of sp³-hybridized carbons (Fsp3) is 0.556. The molecule has 2 fully saturated rings. The molecule has 3 rings (SSSR count). The lowest BCUT2D eigenvalue weighted by atomic mass is 9.98. The first-order valence-electron chi connectivity index (χ1n) is 8.57. The number of hydrogen-bond acceptors (Lipinski definition) is 4. The third kappa shape index (κ3) is 4.28. The van der Waals surface area contributed by atoms with Crippen LogP contribution in [-0.4, -0.2) is 40.8 Å². The number of thioether (sulfide) groups is 2. The Morgan fingerprint density at radius 3 is 2.46 bits per heavy atom. The number of rotatable bonds is 4. The number of piperidine rings is 1. The highest BCUT2D eigenvalue weighted by molar-refractivity contribution is 8.16. The number of likely N-dealkylation sites (tertiary alicyclic amines) is 1. The number of nitrogens with zero attached hydrogens (tertiary/aromatic N) is 1. The first-order valence-corrected chi connectivity index (χ1v) is 10.7. The molecule has 2 saturated heterocycles. The van der Waals surface area contributed by atoms with Gasteiger partial charge in [0.15, 0.2) is 0 Å². The van der Waals surface area contributed by atoms with Gasteiger partial charge in [-0.15, -0.1) is 23.5 Å². The Labute approximate surface area is 151 Å². The predicted octanol–water partition coefficient (Wildman–Crippen LogP) is 3.43. The number of primary amides is 1. The van der Waals surface area contributed by atoms with Gasteiger partial charge in [0.2, 0.25) is 5.91 Å². The topological polar surface area (TPSA) is 63.4 Å². The van der Waals surface area contributed by atoms with Crippen molar-refractivity contribution in [1.29, 1.82) is 0 Å². The summed E-state index contributed by atoms with van der Waals surface area (Å²) in [6.07, 6.45) is 4.45. The summed E-state index contributed by atoms with van der Waals surface area (Å²) in [4.78, 5) is 26.0. The molecule has 2 N–H and O–H groups in total. The molecule has 24 heavy (non-hydrogen) atoms. The maximum Gasteiger partial charge on any atom is 0.254 e. The van der Waals surface area contributed by atoms with Crippen molar-refractivity contribution in [2.24, 2.45) is 5.73 Å². The van der Waals surface area contributed by atoms with E-state index in [0.717, 1.165) is 19.3 Å². The van der Waals surface area contributed by atoms with Crippen LogP contribution in [0.25, 0.3) is 0 Å². The molecule has 130 valence electrons. The van der Waals surface area contributed by atoms with Gasteiger partial charge in [-0.25, -0.2) is 0 Å². The summed E-state index contributed by atoms with van der Waals surface area (Å²) in [5.41, 5.74) is 7.34. The maximum atomic E-state index is 12.8. The van der Waals surface area contributed by atoms with E-state index in [2.05, 4.69) is 12.1 Å². The first-order chi connectivity index (χ1) is 11.6. The summed E-state index contributed by atoms with van der Waals surface area (Å²) in [5.74, 6) is 2.11. The molecule has 0 spiro atoms. The van der Waals surface area contributed by atoms with Crippen molar-refractivity contribution in [2.75, 3.05) is 18.1 Å². The van der Waals surface area contributed by atoms with Gasteiger partial charge in [0.25, 0.3) is 5.91 Å². The molecule has 2 aliphatic rings. The van der Waals surface area contributed by atoms with Crippen LogP contribution in [0.1, 0.15) is 52.6 Å². The molecule has 0 radical (unpaired) electrons. The number of hydrogen-bond donors (Lipinski definition) is 1. The van der Waals surface area contributed by atoms with Crippen molar-refractivity contribution < 1.29 is 9.59 Å². The predicted molar refractivity (Wildman–Crippen MR) is 101 cm³/mol. The molecule has 0 unspecified atom stereocenters. The first kappa shape index (κ1) is 17.7. The van der Waals surface area contributed by atoms with Gasteiger partial charge in [0, 0.05) is 24.6 Å². The molecular weight excluding hydrogens is 340 g/mol. The van der Waals surface area contributed by atoms with Crippen LogP contribution in [0.5, 0.6) is 0 Å². The van der Waals surface area contributed by atoms with Gasteiger partial charge in [-0.2, -0.15) is 0 Å². The average molecular weight is 365 g/mol. The van der Waals surface area contributed by atoms with E-state index in [1.165, 1.54) is 23.5 Å². The fourth-order valence-corrected chi connectivity index (χ4v) is 6.24. The highest BCUT2D eigenvalue weighted by Crippen LogP contribution is 2.43. The van der Waals surface area contributed by atoms with Crippen LogP contribution in [0.3, 0.4) is 0 Å². The van der Waals surface area contributed by atoms with Gasteiger partial charge < -0.3 is 10.6 Å². The Kier molecular flexibility index (Phi) is 6.11. The normalized spacial score (nSPS) is 22.3. The molecule has 0 aliphatic carbocycles. The average Bonchev–Trinajstić information content (AvgIpc) is 2.62. The van der Waals surface area contributed by atoms with E-state index in [1.54, 1.807) is 0 Å². The summed E-state index contributed by atoms with van der Waals surface area (Å²) in [6, 6.07) is 7.98. The van der Waals surface area contributed by atoms with Crippen molar-refractivity contribution in [2.45, 2.75) is 42.7 Å². The molecule has 2 heterocycles. The number of carbonyl (C=O) groups excluding carboxylic acids is 2. The maximum absolute atomic E-state index is 12.8. The summed E-state index contributed by atoms with van der Waals surface area (Å²) in [6.45, 7) is 0.715. The highest BCUT2D eigenvalue weighted by atomic mass is 32.2. The van der Waals surface area contributed by atoms with Crippen LogP contribution >= 0.6 is 23.5 Å². The molecule has 2 aliphatic heterocycles. The van der Waals surface area contributed by atoms with Gasteiger partial charge in [-0.05, 0) is 54.9 Å². The van der Waals surface area contributed by atoms with Crippen LogP contribution in [-0.2, 0) is 4.79 Å². The quantitative estimate of drug-likeness (QED) is 0.889. The van der Waals surface area contributed by atoms with Crippen LogP contribution in [0.15, 0.2) is 24.3 Å². The van der Waals surface area contributed by atoms with Crippen LogP contribution in [0, 0.1) is 0 Å². The van der Waals surface area contributed by atoms with Crippen molar-refractivity contribution in [3.05, 3.63) is 35.4 Å². The summed E-state index contributed by atoms with van der Waals surface area (Å²) >= 11 is 3.96. The zero-order valence-electron chi connectivity index (χ0n) is 13.8. The molecule has 2 amide bonds. The van der Waals surface area contributed by atoms with E-state index in [9.17, 15) is 9.59 Å². The Hall–Kier alpha value is -1.14. The number of nitrogens with two attached hydrogens (primary N) is 1. The number of carbonyl (C=O) groups is 2. The van der Waals surface area contributed by atoms with E-state index in [1.807, 2.05) is 40.6 Å². The molecule has 0 bridgehead atoms. The minimum Gasteiger partial charge on any atom is -0.370 e. The fourth-order valence-electron chi connectivity index (χ4n) is 3.34. The summed E-state index contributed by atoms with van der Waals surface area (Å²) in [7, 11) is 0. The van der Waals surface area contributed by atoms with E-state index in [-0.39, 0.29) is 24.3 Å². The Morgan fingerprint density at radius 1 is 1.08 bits per heavy atom. The molecule has 4 nitrogen and oxygen atoms in total. The SMILES string of the molecule is NC(=O)C[C@H]1CCCCN1C(=O)c1ccc(C2SCCCS2)cc1. The Morgan fingerprint density at radius 2 is 1.79 bits per heavy atom. The van der Waals surface area contributed by atoms with E-state index in [4.69, 9.17) is 5.73 Å². The number of benzene rings is 1. The molecule has 6 heteroatoms. The lowest BCUT2D eigenvalue weighted by Gasteiger charge is -2.35. The van der Waals surface area contributed by atoms with E-state index < -0.39 is 0 Å². The minimum atomic E-state index is -0.332. The molecule has 0 aromatic heterocycles. The lowest BCUT2D eigenvalue weighted by Crippen LogP contribution is -2.45. The molecular formula is C18H24N2O2S2. The second-order valence-electron chi connectivity index (χ2n) is 6.37. The molecule has 1 aromatic carbocycles. The summed E-state index contributed by atoms with van der Waals surface area (Å²) < 4.78 is 0.487. The molecule has 1 aromatic rings. The Bertz CT molecular complexity index is 585. The largest absolute Gasteiger partial charge is 0.370 e. The van der Waals surface area contributed by atoms with Gasteiger partial charge in [0.1, 0.15) is 0 Å². The van der Waals surface area contributed by atoms with Gasteiger partial charge in [-0.1, -0.05) is 12.1 Å². The van der Waals surface area contributed by atoms with Crippen molar-refractivity contribution in [3.63, 3.8) is 0 Å². The van der Waals surface area contributed by atoms with Gasteiger partial charge in [0.05, 0.1) is 4.58 Å². The second-order valence-corrected chi connectivity index (χ2v) is 9.09. The number of amides is 2. The van der Waals surface area contributed by atoms with Gasteiger partial charge in [-0.3, -0.25) is 9.59 Å². The van der Waals surface area contributed by atoms with E-state index >= 15 is 0 Å². The van der Waals surface area contributed by atoms with Crippen LogP contribution < -0.4 is 5.73 Å². The zero-order valence-corrected chi connectivity index (χ0v) is 15.4. The zero-order chi connectivity index (χ0) is 16.9. The third-order valence-electron chi connectivity index (χ3n) is 4.58. The molecule has 1 atom stereocenters. The lowest BCUT2D eigenvalue weighted by molar-refractivity contribution is -0.119. The second kappa shape index (κ2) is 8.30. The minimum absolute atomic E-state index is 0.0245. The third-order valence-corrected chi connectivity index (χ3v) is 7.60. The van der Waals surface area contributed by atoms with Crippen LogP contribution in [0.4, 0.5) is 0 Å². The van der Waals surface area contributed by atoms with Crippen molar-refractivity contribution in [3.8, 4) is 0 Å². The van der Waals surface area contributed by atoms with E-state index in [0.29, 0.717) is 16.7 Å². The molecule has 0 saturated carbocycles.